The van der Waals surface area contributed by atoms with Crippen LogP contribution in [0.1, 0.15) is 13.3 Å². The molecule has 0 spiro atoms. The Hall–Kier alpha value is -1.26. The average Bonchev–Trinajstić information content (AvgIpc) is 2.31. The van der Waals surface area contributed by atoms with Gasteiger partial charge < -0.3 is 15.4 Å². The molecule has 0 aliphatic rings. The van der Waals surface area contributed by atoms with Crippen molar-refractivity contribution < 1.29 is 9.53 Å². The number of hydrogen-bond acceptors (Lipinski definition) is 3. The number of nitrogens with zero attached hydrogens (tertiary/aromatic N) is 1. The van der Waals surface area contributed by atoms with Crippen molar-refractivity contribution in [2.45, 2.75) is 13.3 Å². The summed E-state index contributed by atoms with van der Waals surface area (Å²) >= 11 is 5.91. The molecule has 100 valence electrons. The van der Waals surface area contributed by atoms with E-state index < -0.39 is 0 Å². The van der Waals surface area contributed by atoms with Gasteiger partial charge in [-0.15, -0.1) is 0 Å². The molecule has 0 saturated carbocycles. The smallest absolute Gasteiger partial charge is 0.227 e. The Morgan fingerprint density at radius 2 is 2.22 bits per heavy atom. The van der Waals surface area contributed by atoms with Crippen LogP contribution in [0.4, 0.5) is 11.4 Å². The second-order valence-electron chi connectivity index (χ2n) is 4.42. The second kappa shape index (κ2) is 6.61. The molecule has 1 aromatic carbocycles. The van der Waals surface area contributed by atoms with Gasteiger partial charge in [0.25, 0.3) is 0 Å². The quantitative estimate of drug-likeness (QED) is 0.837. The van der Waals surface area contributed by atoms with Crippen molar-refractivity contribution >= 4 is 28.9 Å². The number of nitrogens with two attached hydrogens (primary N) is 1. The fourth-order valence-corrected chi connectivity index (χ4v) is 1.89. The Labute approximate surface area is 113 Å². The van der Waals surface area contributed by atoms with Crippen LogP contribution >= 0.6 is 11.6 Å². The lowest BCUT2D eigenvalue weighted by molar-refractivity contribution is -0.119. The van der Waals surface area contributed by atoms with Crippen LogP contribution in [0.3, 0.4) is 0 Å². The molecule has 1 amide bonds. The summed E-state index contributed by atoms with van der Waals surface area (Å²) in [6.45, 7) is 2.53. The first-order chi connectivity index (χ1) is 8.45. The average molecular weight is 271 g/mol. The minimum atomic E-state index is -0.00600. The number of rotatable bonds is 5. The summed E-state index contributed by atoms with van der Waals surface area (Å²) in [5.41, 5.74) is 7.01. The number of halogens is 1. The number of hydrogen-bond donors (Lipinski definition) is 1. The molecule has 1 unspecified atom stereocenters. The molecule has 4 nitrogen and oxygen atoms in total. The maximum Gasteiger partial charge on any atom is 0.227 e. The number of amides is 1. The van der Waals surface area contributed by atoms with E-state index in [2.05, 4.69) is 0 Å². The van der Waals surface area contributed by atoms with Crippen LogP contribution < -0.4 is 10.6 Å². The fraction of sp³-hybridized carbons (Fsp3) is 0.462. The number of anilines is 2. The molecule has 0 aliphatic heterocycles. The zero-order chi connectivity index (χ0) is 13.7. The molecule has 0 bridgehead atoms. The molecule has 18 heavy (non-hydrogen) atoms. The fourth-order valence-electron chi connectivity index (χ4n) is 1.72. The van der Waals surface area contributed by atoms with Crippen LogP contribution in [-0.2, 0) is 9.53 Å². The van der Waals surface area contributed by atoms with E-state index in [0.717, 1.165) is 0 Å². The number of benzene rings is 1. The molecule has 1 aromatic rings. The van der Waals surface area contributed by atoms with E-state index in [9.17, 15) is 4.79 Å². The van der Waals surface area contributed by atoms with Crippen LogP contribution in [0.5, 0.6) is 0 Å². The van der Waals surface area contributed by atoms with Gasteiger partial charge in [0, 0.05) is 32.2 Å². The van der Waals surface area contributed by atoms with E-state index in [1.54, 1.807) is 32.4 Å². The molecule has 1 atom stereocenters. The van der Waals surface area contributed by atoms with E-state index in [1.807, 2.05) is 6.92 Å². The highest BCUT2D eigenvalue weighted by Gasteiger charge is 2.16. The van der Waals surface area contributed by atoms with Gasteiger partial charge in [-0.25, -0.2) is 0 Å². The van der Waals surface area contributed by atoms with Crippen molar-refractivity contribution in [1.29, 1.82) is 0 Å². The molecular formula is C13H19ClN2O2. The monoisotopic (exact) mass is 270 g/mol. The highest BCUT2D eigenvalue weighted by atomic mass is 35.5. The molecule has 0 fully saturated rings. The van der Waals surface area contributed by atoms with Crippen LogP contribution in [-0.4, -0.2) is 26.7 Å². The third-order valence-corrected chi connectivity index (χ3v) is 2.94. The van der Waals surface area contributed by atoms with E-state index >= 15 is 0 Å². The van der Waals surface area contributed by atoms with Crippen molar-refractivity contribution in [2.75, 3.05) is 31.4 Å². The summed E-state index contributed by atoms with van der Waals surface area (Å²) in [6.07, 6.45) is 0.413. The topological polar surface area (TPSA) is 55.6 Å². The summed E-state index contributed by atoms with van der Waals surface area (Å²) in [4.78, 5) is 13.6. The molecule has 0 heterocycles. The molecule has 2 N–H and O–H groups in total. The van der Waals surface area contributed by atoms with E-state index in [-0.39, 0.29) is 11.8 Å². The van der Waals surface area contributed by atoms with Crippen molar-refractivity contribution in [3.05, 3.63) is 23.2 Å². The molecule has 0 aromatic heterocycles. The van der Waals surface area contributed by atoms with Crippen LogP contribution in [0.15, 0.2) is 18.2 Å². The first-order valence-electron chi connectivity index (χ1n) is 5.76. The van der Waals surface area contributed by atoms with Crippen LogP contribution in [0.25, 0.3) is 0 Å². The highest BCUT2D eigenvalue weighted by molar-refractivity contribution is 6.31. The highest BCUT2D eigenvalue weighted by Crippen LogP contribution is 2.26. The Morgan fingerprint density at radius 3 is 2.83 bits per heavy atom. The lowest BCUT2D eigenvalue weighted by Gasteiger charge is -2.21. The van der Waals surface area contributed by atoms with Crippen LogP contribution in [0, 0.1) is 5.92 Å². The molecule has 5 heteroatoms. The summed E-state index contributed by atoms with van der Waals surface area (Å²) in [7, 11) is 3.32. The maximum atomic E-state index is 12.1. The first kappa shape index (κ1) is 14.8. The predicted octanol–water partition coefficient (Wildman–Crippen LogP) is 2.56. The summed E-state index contributed by atoms with van der Waals surface area (Å²) in [5, 5.41) is 0.559. The Morgan fingerprint density at radius 1 is 1.56 bits per heavy atom. The van der Waals surface area contributed by atoms with Crippen molar-refractivity contribution in [3.8, 4) is 0 Å². The molecular weight excluding hydrogens is 252 g/mol. The van der Waals surface area contributed by atoms with Gasteiger partial charge in [-0.1, -0.05) is 18.5 Å². The minimum Gasteiger partial charge on any atom is -0.397 e. The summed E-state index contributed by atoms with van der Waals surface area (Å²) in [5.74, 6) is 0.166. The van der Waals surface area contributed by atoms with Gasteiger partial charge >= 0.3 is 0 Å². The van der Waals surface area contributed by atoms with Crippen molar-refractivity contribution in [1.82, 2.24) is 0 Å². The van der Waals surface area contributed by atoms with Gasteiger partial charge in [-0.2, -0.15) is 0 Å². The van der Waals surface area contributed by atoms with Gasteiger partial charge in [0.2, 0.25) is 5.91 Å². The van der Waals surface area contributed by atoms with Gasteiger partial charge in [-0.05, 0) is 24.1 Å². The number of methoxy groups -OCH3 is 1. The van der Waals surface area contributed by atoms with Gasteiger partial charge in [0.1, 0.15) is 0 Å². The first-order valence-corrected chi connectivity index (χ1v) is 6.14. The Bertz CT molecular complexity index is 423. The van der Waals surface area contributed by atoms with Gasteiger partial charge in [0.05, 0.1) is 11.4 Å². The third kappa shape index (κ3) is 3.89. The molecule has 0 radical (unpaired) electrons. The van der Waals surface area contributed by atoms with Crippen molar-refractivity contribution in [3.63, 3.8) is 0 Å². The van der Waals surface area contributed by atoms with E-state index in [0.29, 0.717) is 29.4 Å². The van der Waals surface area contributed by atoms with E-state index in [1.165, 1.54) is 4.90 Å². The molecule has 0 saturated heterocycles. The third-order valence-electron chi connectivity index (χ3n) is 2.70. The normalized spacial score (nSPS) is 12.2. The second-order valence-corrected chi connectivity index (χ2v) is 4.86. The maximum absolute atomic E-state index is 12.1. The lowest BCUT2D eigenvalue weighted by Crippen LogP contribution is -2.29. The standard InChI is InChI=1S/C13H19ClN2O2/c1-9(8-18-3)6-13(17)16(2)12-7-10(14)4-5-11(12)15/h4-5,7,9H,6,8,15H2,1-3H3. The SMILES string of the molecule is COCC(C)CC(=O)N(C)c1cc(Cl)ccc1N. The Kier molecular flexibility index (Phi) is 5.44. The van der Waals surface area contributed by atoms with Gasteiger partial charge in [0.15, 0.2) is 0 Å². The summed E-state index contributed by atoms with van der Waals surface area (Å²) < 4.78 is 5.02. The Balaban J connectivity index is 2.77. The van der Waals surface area contributed by atoms with Gasteiger partial charge in [-0.3, -0.25) is 4.79 Å². The summed E-state index contributed by atoms with van der Waals surface area (Å²) in [6, 6.07) is 5.09. The van der Waals surface area contributed by atoms with E-state index in [4.69, 9.17) is 22.1 Å². The predicted molar refractivity (Wildman–Crippen MR) is 74.9 cm³/mol. The largest absolute Gasteiger partial charge is 0.397 e. The van der Waals surface area contributed by atoms with Crippen molar-refractivity contribution in [2.24, 2.45) is 5.92 Å². The zero-order valence-electron chi connectivity index (χ0n) is 10.9. The number of carbonyl (C=O) groups is 1. The minimum absolute atomic E-state index is 0.00600. The number of nitrogen functional groups attached to an aromatic ring is 1. The molecule has 0 aliphatic carbocycles. The molecule has 1 rings (SSSR count). The lowest BCUT2D eigenvalue weighted by atomic mass is 10.1. The number of ether oxygens (including phenoxy) is 1. The van der Waals surface area contributed by atoms with Crippen LogP contribution in [0.2, 0.25) is 5.02 Å². The number of carbonyl (C=O) groups excluding carboxylic acids is 1. The zero-order valence-corrected chi connectivity index (χ0v) is 11.7.